The molecular weight excluding hydrogens is 278 g/mol. The molecule has 0 atom stereocenters. The first-order valence-corrected chi connectivity index (χ1v) is 7.89. The molecule has 0 spiro atoms. The molecule has 3 rings (SSSR count). The number of rotatable bonds is 4. The van der Waals surface area contributed by atoms with Gasteiger partial charge in [0.15, 0.2) is 0 Å². The smallest absolute Gasteiger partial charge is 0.247 e. The third-order valence-corrected chi connectivity index (χ3v) is 4.01. The van der Waals surface area contributed by atoms with Crippen molar-refractivity contribution in [1.82, 2.24) is 15.5 Å². The van der Waals surface area contributed by atoms with E-state index >= 15 is 0 Å². The van der Waals surface area contributed by atoms with Gasteiger partial charge in [0.05, 0.1) is 0 Å². The number of amides is 1. The number of benzene rings is 1. The zero-order valence-electron chi connectivity index (χ0n) is 12.8. The number of aromatic nitrogens is 2. The van der Waals surface area contributed by atoms with E-state index in [0.717, 1.165) is 24.0 Å². The molecule has 0 aliphatic heterocycles. The monoisotopic (exact) mass is 299 g/mol. The van der Waals surface area contributed by atoms with Crippen LogP contribution in [0.2, 0.25) is 0 Å². The maximum atomic E-state index is 12.0. The summed E-state index contributed by atoms with van der Waals surface area (Å²) in [5, 5.41) is 11.1. The van der Waals surface area contributed by atoms with E-state index in [0.29, 0.717) is 17.8 Å². The maximum absolute atomic E-state index is 12.0. The molecule has 116 valence electrons. The quantitative estimate of drug-likeness (QED) is 0.942. The lowest BCUT2D eigenvalue weighted by Crippen LogP contribution is -2.37. The number of nitrogens with zero attached hydrogens (tertiary/aromatic N) is 2. The summed E-state index contributed by atoms with van der Waals surface area (Å²) >= 11 is 0. The number of carbonyl (C=O) groups is 1. The highest BCUT2D eigenvalue weighted by molar-refractivity contribution is 5.77. The molecule has 0 unspecified atom stereocenters. The van der Waals surface area contributed by atoms with Gasteiger partial charge in [-0.25, -0.2) is 0 Å². The first-order chi connectivity index (χ1) is 10.7. The molecule has 2 aromatic rings. The second kappa shape index (κ2) is 6.73. The van der Waals surface area contributed by atoms with Gasteiger partial charge in [-0.05, 0) is 31.9 Å². The number of hydrogen-bond donors (Lipinski definition) is 1. The van der Waals surface area contributed by atoms with Crippen molar-refractivity contribution in [2.45, 2.75) is 51.5 Å². The Morgan fingerprint density at radius 3 is 2.86 bits per heavy atom. The fourth-order valence-corrected chi connectivity index (χ4v) is 2.88. The van der Waals surface area contributed by atoms with Crippen LogP contribution in [0.4, 0.5) is 0 Å². The van der Waals surface area contributed by atoms with E-state index in [1.54, 1.807) is 0 Å². The van der Waals surface area contributed by atoms with Gasteiger partial charge in [-0.1, -0.05) is 37.0 Å². The average Bonchev–Trinajstić information content (AvgIpc) is 2.96. The first kappa shape index (κ1) is 14.8. The Hall–Kier alpha value is -2.17. The summed E-state index contributed by atoms with van der Waals surface area (Å²) in [6.07, 6.45) is 5.96. The lowest BCUT2D eigenvalue weighted by molar-refractivity contribution is -0.121. The van der Waals surface area contributed by atoms with Gasteiger partial charge in [-0.3, -0.25) is 4.79 Å². The van der Waals surface area contributed by atoms with Crippen molar-refractivity contribution in [2.75, 3.05) is 0 Å². The Bertz CT molecular complexity index is 645. The van der Waals surface area contributed by atoms with E-state index in [1.807, 2.05) is 31.2 Å². The molecule has 22 heavy (non-hydrogen) atoms. The van der Waals surface area contributed by atoms with Crippen molar-refractivity contribution < 1.29 is 9.21 Å². The third-order valence-electron chi connectivity index (χ3n) is 4.01. The lowest BCUT2D eigenvalue weighted by Gasteiger charge is -2.22. The molecule has 1 aromatic carbocycles. The van der Waals surface area contributed by atoms with E-state index in [4.69, 9.17) is 4.42 Å². The number of carbonyl (C=O) groups excluding carboxylic acids is 1. The molecule has 1 amide bonds. The highest BCUT2D eigenvalue weighted by Gasteiger charge is 2.18. The molecule has 1 saturated carbocycles. The Morgan fingerprint density at radius 2 is 2.09 bits per heavy atom. The van der Waals surface area contributed by atoms with E-state index in [2.05, 4.69) is 15.5 Å². The van der Waals surface area contributed by atoms with Crippen molar-refractivity contribution in [3.05, 3.63) is 35.7 Å². The molecule has 1 aromatic heterocycles. The zero-order chi connectivity index (χ0) is 15.4. The van der Waals surface area contributed by atoms with Crippen LogP contribution in [0.5, 0.6) is 0 Å². The fourth-order valence-electron chi connectivity index (χ4n) is 2.88. The molecule has 5 nitrogen and oxygen atoms in total. The van der Waals surface area contributed by atoms with Crippen molar-refractivity contribution in [3.8, 4) is 11.5 Å². The van der Waals surface area contributed by atoms with Gasteiger partial charge in [0.25, 0.3) is 0 Å². The molecule has 0 radical (unpaired) electrons. The van der Waals surface area contributed by atoms with Crippen molar-refractivity contribution >= 4 is 5.91 Å². The van der Waals surface area contributed by atoms with Crippen LogP contribution in [-0.2, 0) is 11.2 Å². The molecule has 1 aliphatic rings. The predicted molar refractivity (Wildman–Crippen MR) is 83.2 cm³/mol. The summed E-state index contributed by atoms with van der Waals surface area (Å²) in [4.78, 5) is 12.0. The Kier molecular flexibility index (Phi) is 4.51. The average molecular weight is 299 g/mol. The Morgan fingerprint density at radius 1 is 1.27 bits per heavy atom. The topological polar surface area (TPSA) is 68.0 Å². The SMILES string of the molecule is Cc1cccc(-c2nnc(CC(=O)NC3CCCCC3)o2)c1. The van der Waals surface area contributed by atoms with E-state index in [1.165, 1.54) is 19.3 Å². The van der Waals surface area contributed by atoms with E-state index < -0.39 is 0 Å². The molecule has 5 heteroatoms. The molecule has 0 saturated heterocycles. The molecule has 1 aliphatic carbocycles. The van der Waals surface area contributed by atoms with E-state index in [-0.39, 0.29) is 12.3 Å². The van der Waals surface area contributed by atoms with Crippen LogP contribution in [0, 0.1) is 6.92 Å². The lowest BCUT2D eigenvalue weighted by atomic mass is 9.95. The number of nitrogens with one attached hydrogen (secondary N) is 1. The van der Waals surface area contributed by atoms with Gasteiger partial charge in [0.1, 0.15) is 6.42 Å². The minimum Gasteiger partial charge on any atom is -0.420 e. The van der Waals surface area contributed by atoms with Gasteiger partial charge in [-0.2, -0.15) is 0 Å². The molecule has 1 fully saturated rings. The zero-order valence-corrected chi connectivity index (χ0v) is 12.8. The molecule has 0 bridgehead atoms. The molecular formula is C17H21N3O2. The minimum atomic E-state index is -0.0358. The summed E-state index contributed by atoms with van der Waals surface area (Å²) < 4.78 is 5.60. The van der Waals surface area contributed by atoms with Gasteiger partial charge in [0.2, 0.25) is 17.7 Å². The van der Waals surface area contributed by atoms with Crippen molar-refractivity contribution in [1.29, 1.82) is 0 Å². The van der Waals surface area contributed by atoms with Crippen molar-refractivity contribution in [2.24, 2.45) is 0 Å². The highest BCUT2D eigenvalue weighted by atomic mass is 16.4. The maximum Gasteiger partial charge on any atom is 0.247 e. The first-order valence-electron chi connectivity index (χ1n) is 7.89. The van der Waals surface area contributed by atoms with Crippen LogP contribution >= 0.6 is 0 Å². The van der Waals surface area contributed by atoms with Crippen molar-refractivity contribution in [3.63, 3.8) is 0 Å². The normalized spacial score (nSPS) is 15.7. The van der Waals surface area contributed by atoms with Gasteiger partial charge >= 0.3 is 0 Å². The van der Waals surface area contributed by atoms with E-state index in [9.17, 15) is 4.79 Å². The van der Waals surface area contributed by atoms with Crippen LogP contribution in [-0.4, -0.2) is 22.1 Å². The third kappa shape index (κ3) is 3.72. The summed E-state index contributed by atoms with van der Waals surface area (Å²) in [5.41, 5.74) is 2.01. The van der Waals surface area contributed by atoms with Gasteiger partial charge in [-0.15, -0.1) is 10.2 Å². The summed E-state index contributed by atoms with van der Waals surface area (Å²) in [7, 11) is 0. The predicted octanol–water partition coefficient (Wildman–Crippen LogP) is 3.04. The number of aryl methyl sites for hydroxylation is 1. The minimum absolute atomic E-state index is 0.0358. The second-order valence-electron chi connectivity index (χ2n) is 5.95. The van der Waals surface area contributed by atoms with Crippen LogP contribution < -0.4 is 5.32 Å². The highest BCUT2D eigenvalue weighted by Crippen LogP contribution is 2.20. The van der Waals surface area contributed by atoms with Gasteiger partial charge < -0.3 is 9.73 Å². The Labute approximate surface area is 130 Å². The molecule has 1 heterocycles. The van der Waals surface area contributed by atoms with Crippen LogP contribution in [0.25, 0.3) is 11.5 Å². The standard InChI is InChI=1S/C17H21N3O2/c1-12-6-5-7-13(10-12)17-20-19-16(22-17)11-15(21)18-14-8-3-2-4-9-14/h5-7,10,14H,2-4,8-9,11H2,1H3,(H,18,21). The summed E-state index contributed by atoms with van der Waals surface area (Å²) in [5.74, 6) is 0.792. The number of hydrogen-bond acceptors (Lipinski definition) is 4. The summed E-state index contributed by atoms with van der Waals surface area (Å²) in [6.45, 7) is 2.01. The second-order valence-corrected chi connectivity index (χ2v) is 5.95. The summed E-state index contributed by atoms with van der Waals surface area (Å²) in [6, 6.07) is 8.18. The fraction of sp³-hybridized carbons (Fsp3) is 0.471. The van der Waals surface area contributed by atoms with Crippen LogP contribution in [0.1, 0.15) is 43.6 Å². The largest absolute Gasteiger partial charge is 0.420 e. The Balaban J connectivity index is 1.60. The van der Waals surface area contributed by atoms with Crippen LogP contribution in [0.15, 0.2) is 28.7 Å². The van der Waals surface area contributed by atoms with Gasteiger partial charge in [0, 0.05) is 11.6 Å². The van der Waals surface area contributed by atoms with Crippen LogP contribution in [0.3, 0.4) is 0 Å². The molecule has 1 N–H and O–H groups in total.